The number of methoxy groups -OCH3 is 1. The number of rotatable bonds is 9. The molecule has 1 heterocycles. The predicted molar refractivity (Wildman–Crippen MR) is 112 cm³/mol. The molecule has 3 rings (SSSR count). The summed E-state index contributed by atoms with van der Waals surface area (Å²) in [5, 5.41) is 6.13. The Balaban J connectivity index is 1.41. The molecule has 1 aromatic heterocycles. The molecule has 0 aliphatic rings. The van der Waals surface area contributed by atoms with Crippen LogP contribution in [-0.4, -0.2) is 31.1 Å². The zero-order valence-electron chi connectivity index (χ0n) is 16.3. The van der Waals surface area contributed by atoms with Crippen molar-refractivity contribution in [1.29, 1.82) is 0 Å². The Kier molecular flexibility index (Phi) is 7.16. The standard InChI is InChI=1S/C23H24FN3O2/c1-29-21-9-4-18(5-10-21)13-15-26-23(28)22-11-8-20(16-27-22)25-14-12-17-2-6-19(24)7-3-17/h2-11,16,25H,12-15H2,1H3,(H,26,28). The van der Waals surface area contributed by atoms with Crippen LogP contribution in [0.1, 0.15) is 21.6 Å². The largest absolute Gasteiger partial charge is 0.497 e. The fraction of sp³-hybridized carbons (Fsp3) is 0.217. The molecule has 0 fully saturated rings. The van der Waals surface area contributed by atoms with Crippen molar-refractivity contribution < 1.29 is 13.9 Å². The second-order valence-electron chi connectivity index (χ2n) is 6.59. The summed E-state index contributed by atoms with van der Waals surface area (Å²) in [4.78, 5) is 16.5. The zero-order chi connectivity index (χ0) is 20.5. The van der Waals surface area contributed by atoms with E-state index in [4.69, 9.17) is 4.74 Å². The molecule has 29 heavy (non-hydrogen) atoms. The van der Waals surface area contributed by atoms with Gasteiger partial charge in [0.05, 0.1) is 19.0 Å². The van der Waals surface area contributed by atoms with E-state index in [1.54, 1.807) is 31.5 Å². The summed E-state index contributed by atoms with van der Waals surface area (Å²) < 4.78 is 18.0. The summed E-state index contributed by atoms with van der Waals surface area (Å²) >= 11 is 0. The monoisotopic (exact) mass is 393 g/mol. The van der Waals surface area contributed by atoms with Gasteiger partial charge in [0.15, 0.2) is 0 Å². The number of nitrogens with one attached hydrogen (secondary N) is 2. The first-order valence-electron chi connectivity index (χ1n) is 9.49. The molecule has 0 unspecified atom stereocenters. The van der Waals surface area contributed by atoms with Gasteiger partial charge in [-0.1, -0.05) is 24.3 Å². The van der Waals surface area contributed by atoms with Gasteiger partial charge in [-0.25, -0.2) is 9.37 Å². The first-order chi connectivity index (χ1) is 14.1. The maximum absolute atomic E-state index is 12.9. The molecule has 0 radical (unpaired) electrons. The summed E-state index contributed by atoms with van der Waals surface area (Å²) in [6, 6.07) is 17.8. The third kappa shape index (κ3) is 6.31. The number of hydrogen-bond donors (Lipinski definition) is 2. The van der Waals surface area contributed by atoms with Crippen LogP contribution >= 0.6 is 0 Å². The van der Waals surface area contributed by atoms with Gasteiger partial charge in [-0.15, -0.1) is 0 Å². The Hall–Kier alpha value is -3.41. The van der Waals surface area contributed by atoms with Crippen molar-refractivity contribution in [2.75, 3.05) is 25.5 Å². The van der Waals surface area contributed by atoms with Crippen molar-refractivity contribution in [2.24, 2.45) is 0 Å². The van der Waals surface area contributed by atoms with Crippen LogP contribution in [0.4, 0.5) is 10.1 Å². The van der Waals surface area contributed by atoms with E-state index in [0.717, 1.165) is 35.4 Å². The Bertz CT molecular complexity index is 910. The number of aromatic nitrogens is 1. The lowest BCUT2D eigenvalue weighted by Crippen LogP contribution is -2.26. The molecule has 0 saturated heterocycles. The van der Waals surface area contributed by atoms with Gasteiger partial charge < -0.3 is 15.4 Å². The van der Waals surface area contributed by atoms with Gasteiger partial charge in [0.25, 0.3) is 5.91 Å². The fourth-order valence-electron chi connectivity index (χ4n) is 2.84. The summed E-state index contributed by atoms with van der Waals surface area (Å²) in [5.74, 6) is 0.383. The van der Waals surface area contributed by atoms with Crippen LogP contribution in [0.2, 0.25) is 0 Å². The first-order valence-corrected chi connectivity index (χ1v) is 9.49. The number of carbonyl (C=O) groups is 1. The quantitative estimate of drug-likeness (QED) is 0.580. The van der Waals surface area contributed by atoms with Crippen molar-refractivity contribution in [3.63, 3.8) is 0 Å². The Morgan fingerprint density at radius 1 is 0.931 bits per heavy atom. The third-order valence-corrected chi connectivity index (χ3v) is 4.51. The summed E-state index contributed by atoms with van der Waals surface area (Å²) in [6.45, 7) is 1.23. The van der Waals surface area contributed by atoms with Gasteiger partial charge in [-0.3, -0.25) is 4.79 Å². The number of hydrogen-bond acceptors (Lipinski definition) is 4. The van der Waals surface area contributed by atoms with E-state index in [9.17, 15) is 9.18 Å². The van der Waals surface area contributed by atoms with Crippen LogP contribution in [-0.2, 0) is 12.8 Å². The average Bonchev–Trinajstić information content (AvgIpc) is 2.76. The van der Waals surface area contributed by atoms with Crippen molar-refractivity contribution in [1.82, 2.24) is 10.3 Å². The molecule has 1 amide bonds. The van der Waals surface area contributed by atoms with Crippen molar-refractivity contribution >= 4 is 11.6 Å². The zero-order valence-corrected chi connectivity index (χ0v) is 16.3. The highest BCUT2D eigenvalue weighted by Gasteiger charge is 2.06. The Labute approximate surface area is 169 Å². The van der Waals surface area contributed by atoms with E-state index in [0.29, 0.717) is 18.8 Å². The van der Waals surface area contributed by atoms with Gasteiger partial charge in [-0.2, -0.15) is 0 Å². The van der Waals surface area contributed by atoms with Gasteiger partial charge in [0.2, 0.25) is 0 Å². The predicted octanol–water partition coefficient (Wildman–Crippen LogP) is 3.86. The number of ether oxygens (including phenoxy) is 1. The van der Waals surface area contributed by atoms with Crippen molar-refractivity contribution in [3.05, 3.63) is 89.5 Å². The van der Waals surface area contributed by atoms with E-state index in [1.165, 1.54) is 12.1 Å². The van der Waals surface area contributed by atoms with Gasteiger partial charge in [0.1, 0.15) is 17.3 Å². The number of amides is 1. The van der Waals surface area contributed by atoms with E-state index in [2.05, 4.69) is 15.6 Å². The molecule has 0 bridgehead atoms. The number of halogens is 1. The average molecular weight is 393 g/mol. The highest BCUT2D eigenvalue weighted by atomic mass is 19.1. The SMILES string of the molecule is COc1ccc(CCNC(=O)c2ccc(NCCc3ccc(F)cc3)cn2)cc1. The number of carbonyl (C=O) groups excluding carboxylic acids is 1. The first kappa shape index (κ1) is 20.3. The van der Waals surface area contributed by atoms with Gasteiger partial charge >= 0.3 is 0 Å². The van der Waals surface area contributed by atoms with Crippen molar-refractivity contribution in [3.8, 4) is 5.75 Å². The minimum Gasteiger partial charge on any atom is -0.497 e. The molecule has 2 aromatic carbocycles. The number of pyridine rings is 1. The molecule has 0 aliphatic heterocycles. The molecular weight excluding hydrogens is 369 g/mol. The lowest BCUT2D eigenvalue weighted by molar-refractivity contribution is 0.0949. The summed E-state index contributed by atoms with van der Waals surface area (Å²) in [5.41, 5.74) is 3.39. The second kappa shape index (κ2) is 10.2. The van der Waals surface area contributed by atoms with Crippen LogP contribution in [0.25, 0.3) is 0 Å². The number of nitrogens with zero attached hydrogens (tertiary/aromatic N) is 1. The van der Waals surface area contributed by atoms with Crippen LogP contribution in [0.5, 0.6) is 5.75 Å². The molecule has 2 N–H and O–H groups in total. The molecular formula is C23H24FN3O2. The molecule has 150 valence electrons. The normalized spacial score (nSPS) is 10.4. The minimum atomic E-state index is -0.233. The summed E-state index contributed by atoms with van der Waals surface area (Å²) in [7, 11) is 1.63. The molecule has 0 aliphatic carbocycles. The van der Waals surface area contributed by atoms with E-state index < -0.39 is 0 Å². The lowest BCUT2D eigenvalue weighted by Gasteiger charge is -2.08. The third-order valence-electron chi connectivity index (χ3n) is 4.51. The van der Waals surface area contributed by atoms with E-state index in [1.807, 2.05) is 30.3 Å². The summed E-state index contributed by atoms with van der Waals surface area (Å²) in [6.07, 6.45) is 3.15. The molecule has 3 aromatic rings. The fourth-order valence-corrected chi connectivity index (χ4v) is 2.84. The Morgan fingerprint density at radius 2 is 1.59 bits per heavy atom. The molecule has 0 atom stereocenters. The minimum absolute atomic E-state index is 0.198. The molecule has 6 heteroatoms. The smallest absolute Gasteiger partial charge is 0.269 e. The van der Waals surface area contributed by atoms with E-state index >= 15 is 0 Å². The van der Waals surface area contributed by atoms with Crippen molar-refractivity contribution in [2.45, 2.75) is 12.8 Å². The maximum atomic E-state index is 12.9. The lowest BCUT2D eigenvalue weighted by atomic mass is 10.1. The second-order valence-corrected chi connectivity index (χ2v) is 6.59. The number of benzene rings is 2. The van der Waals surface area contributed by atoms with E-state index in [-0.39, 0.29) is 11.7 Å². The van der Waals surface area contributed by atoms with Crippen LogP contribution in [0.3, 0.4) is 0 Å². The highest BCUT2D eigenvalue weighted by Crippen LogP contribution is 2.11. The van der Waals surface area contributed by atoms with Gasteiger partial charge in [-0.05, 0) is 60.4 Å². The number of anilines is 1. The molecule has 5 nitrogen and oxygen atoms in total. The molecule has 0 spiro atoms. The molecule has 0 saturated carbocycles. The van der Waals surface area contributed by atoms with Crippen LogP contribution in [0.15, 0.2) is 66.9 Å². The maximum Gasteiger partial charge on any atom is 0.269 e. The van der Waals surface area contributed by atoms with Crippen LogP contribution in [0, 0.1) is 5.82 Å². The van der Waals surface area contributed by atoms with Gasteiger partial charge in [0, 0.05) is 13.1 Å². The highest BCUT2D eigenvalue weighted by molar-refractivity contribution is 5.92. The topological polar surface area (TPSA) is 63.2 Å². The Morgan fingerprint density at radius 3 is 2.21 bits per heavy atom. The van der Waals surface area contributed by atoms with Crippen LogP contribution < -0.4 is 15.4 Å².